The van der Waals surface area contributed by atoms with Crippen molar-refractivity contribution in [3.63, 3.8) is 0 Å². The van der Waals surface area contributed by atoms with Crippen LogP contribution in [0.4, 0.5) is 18.0 Å². The van der Waals surface area contributed by atoms with Crippen LogP contribution >= 0.6 is 0 Å². The quantitative estimate of drug-likeness (QED) is 0.317. The van der Waals surface area contributed by atoms with Crippen LogP contribution in [0.5, 0.6) is 11.5 Å². The summed E-state index contributed by atoms with van der Waals surface area (Å²) in [4.78, 5) is 13.6. The Hall–Kier alpha value is -2.95. The average molecular weight is 517 g/mol. The van der Waals surface area contributed by atoms with Gasteiger partial charge in [0.2, 0.25) is 0 Å². The molecule has 0 unspecified atom stereocenters. The normalized spacial score (nSPS) is 11.9. The summed E-state index contributed by atoms with van der Waals surface area (Å²) in [7, 11) is -3.29. The topological polar surface area (TPSA) is 84.9 Å². The van der Waals surface area contributed by atoms with Crippen molar-refractivity contribution in [2.45, 2.75) is 51.2 Å². The maximum Gasteiger partial charge on any atom is 0.416 e. The number of methoxy groups -OCH3 is 1. The standard InChI is InChI=1S/C24H31F3N2O5S/c1-5-6-12-28-23(30)29(15-17(2)3)16-18-10-11-21(33-4)22(13-18)34-35(31,32)20-9-7-8-19(14-20)24(25,26)27/h7-11,13-14,17H,5-6,12,15-16H2,1-4H3,(H,28,30). The van der Waals surface area contributed by atoms with Crippen molar-refractivity contribution < 1.29 is 35.3 Å². The zero-order chi connectivity index (χ0) is 26.2. The summed E-state index contributed by atoms with van der Waals surface area (Å²) in [5.74, 6) is 0.0626. The minimum absolute atomic E-state index is 0.0760. The van der Waals surface area contributed by atoms with Crippen LogP contribution in [-0.4, -0.2) is 39.5 Å². The fourth-order valence-electron chi connectivity index (χ4n) is 3.24. The predicted octanol–water partition coefficient (Wildman–Crippen LogP) is 5.45. The molecule has 2 aromatic rings. The minimum Gasteiger partial charge on any atom is -0.493 e. The summed E-state index contributed by atoms with van der Waals surface area (Å²) in [6, 6.07) is 7.59. The molecule has 2 aromatic carbocycles. The fourth-order valence-corrected chi connectivity index (χ4v) is 4.22. The lowest BCUT2D eigenvalue weighted by Crippen LogP contribution is -2.41. The maximum absolute atomic E-state index is 13.0. The van der Waals surface area contributed by atoms with Gasteiger partial charge in [-0.3, -0.25) is 0 Å². The predicted molar refractivity (Wildman–Crippen MR) is 126 cm³/mol. The molecule has 2 amide bonds. The third kappa shape index (κ3) is 8.34. The molecule has 0 aliphatic carbocycles. The third-order valence-corrected chi connectivity index (χ3v) is 6.16. The largest absolute Gasteiger partial charge is 0.493 e. The van der Waals surface area contributed by atoms with Gasteiger partial charge in [-0.1, -0.05) is 39.3 Å². The van der Waals surface area contributed by atoms with Crippen LogP contribution in [0.2, 0.25) is 0 Å². The Morgan fingerprint density at radius 1 is 1.11 bits per heavy atom. The highest BCUT2D eigenvalue weighted by Crippen LogP contribution is 2.34. The first-order valence-corrected chi connectivity index (χ1v) is 12.6. The molecular weight excluding hydrogens is 485 g/mol. The molecule has 0 bridgehead atoms. The Kier molecular flexibility index (Phi) is 9.82. The molecule has 0 aliphatic heterocycles. The van der Waals surface area contributed by atoms with E-state index in [4.69, 9.17) is 8.92 Å². The number of rotatable bonds is 11. The summed E-state index contributed by atoms with van der Waals surface area (Å²) in [5.41, 5.74) is -0.548. The molecule has 1 N–H and O–H groups in total. The van der Waals surface area contributed by atoms with Crippen LogP contribution in [0.3, 0.4) is 0 Å². The first-order chi connectivity index (χ1) is 16.4. The van der Waals surface area contributed by atoms with Crippen molar-refractivity contribution in [3.8, 4) is 11.5 Å². The number of alkyl halides is 3. The summed E-state index contributed by atoms with van der Waals surface area (Å²) in [5, 5.41) is 2.87. The molecule has 0 heterocycles. The lowest BCUT2D eigenvalue weighted by molar-refractivity contribution is -0.137. The van der Waals surface area contributed by atoms with Gasteiger partial charge >= 0.3 is 22.3 Å². The molecule has 194 valence electrons. The lowest BCUT2D eigenvalue weighted by Gasteiger charge is -2.25. The second kappa shape index (κ2) is 12.1. The number of unbranched alkanes of at least 4 members (excludes halogenated alkanes) is 1. The Morgan fingerprint density at radius 3 is 2.43 bits per heavy atom. The van der Waals surface area contributed by atoms with Gasteiger partial charge in [0.15, 0.2) is 11.5 Å². The molecule has 0 spiro atoms. The number of benzene rings is 2. The van der Waals surface area contributed by atoms with Crippen LogP contribution in [-0.2, 0) is 22.8 Å². The van der Waals surface area contributed by atoms with Crippen LogP contribution in [0, 0.1) is 5.92 Å². The van der Waals surface area contributed by atoms with Gasteiger partial charge in [-0.25, -0.2) is 4.79 Å². The van der Waals surface area contributed by atoms with Crippen LogP contribution in [0.15, 0.2) is 47.4 Å². The van der Waals surface area contributed by atoms with Gasteiger partial charge < -0.3 is 19.1 Å². The monoisotopic (exact) mass is 516 g/mol. The van der Waals surface area contributed by atoms with Crippen molar-refractivity contribution in [1.82, 2.24) is 10.2 Å². The van der Waals surface area contributed by atoms with Gasteiger partial charge in [0.1, 0.15) is 4.90 Å². The number of nitrogens with one attached hydrogen (secondary N) is 1. The van der Waals surface area contributed by atoms with Gasteiger partial charge in [-0.15, -0.1) is 0 Å². The number of nitrogens with zero attached hydrogens (tertiary/aromatic N) is 1. The lowest BCUT2D eigenvalue weighted by atomic mass is 10.1. The van der Waals surface area contributed by atoms with Gasteiger partial charge in [-0.05, 0) is 48.2 Å². The highest BCUT2D eigenvalue weighted by atomic mass is 32.2. The number of hydrogen-bond acceptors (Lipinski definition) is 5. The average Bonchev–Trinajstić information content (AvgIpc) is 2.78. The van der Waals surface area contributed by atoms with Gasteiger partial charge in [0.25, 0.3) is 0 Å². The highest BCUT2D eigenvalue weighted by Gasteiger charge is 2.32. The zero-order valence-corrected chi connectivity index (χ0v) is 21.0. The SMILES string of the molecule is CCCCNC(=O)N(Cc1ccc(OC)c(OS(=O)(=O)c2cccc(C(F)(F)F)c2)c1)CC(C)C. The molecule has 7 nitrogen and oxygen atoms in total. The molecule has 0 fully saturated rings. The first kappa shape index (κ1) is 28.3. The molecule has 0 aromatic heterocycles. The number of hydrogen-bond donors (Lipinski definition) is 1. The van der Waals surface area contributed by atoms with Crippen molar-refractivity contribution in [1.29, 1.82) is 0 Å². The third-order valence-electron chi connectivity index (χ3n) is 4.93. The van der Waals surface area contributed by atoms with E-state index in [1.54, 1.807) is 11.0 Å². The van der Waals surface area contributed by atoms with Crippen molar-refractivity contribution in [3.05, 3.63) is 53.6 Å². The zero-order valence-electron chi connectivity index (χ0n) is 20.2. The Balaban J connectivity index is 2.32. The van der Waals surface area contributed by atoms with Gasteiger partial charge in [-0.2, -0.15) is 21.6 Å². The number of urea groups is 1. The van der Waals surface area contributed by atoms with Gasteiger partial charge in [0.05, 0.1) is 12.7 Å². The second-order valence-corrected chi connectivity index (χ2v) is 9.95. The molecular formula is C24H31F3N2O5S. The number of carbonyl (C=O) groups is 1. The smallest absolute Gasteiger partial charge is 0.416 e. The molecule has 0 radical (unpaired) electrons. The van der Waals surface area contributed by atoms with E-state index >= 15 is 0 Å². The van der Waals surface area contributed by atoms with Crippen molar-refractivity contribution >= 4 is 16.1 Å². The van der Waals surface area contributed by atoms with Crippen molar-refractivity contribution in [2.75, 3.05) is 20.2 Å². The number of amides is 2. The van der Waals surface area contributed by atoms with Crippen LogP contribution in [0.1, 0.15) is 44.7 Å². The minimum atomic E-state index is -4.71. The van der Waals surface area contributed by atoms with E-state index in [0.29, 0.717) is 24.7 Å². The summed E-state index contributed by atoms with van der Waals surface area (Å²) < 4.78 is 75.0. The van der Waals surface area contributed by atoms with E-state index in [-0.39, 0.29) is 30.0 Å². The van der Waals surface area contributed by atoms with E-state index in [1.165, 1.54) is 19.2 Å². The number of halogens is 3. The Bertz CT molecular complexity index is 1100. The van der Waals surface area contributed by atoms with Gasteiger partial charge in [0, 0.05) is 19.6 Å². The first-order valence-electron chi connectivity index (χ1n) is 11.2. The van der Waals surface area contributed by atoms with E-state index in [9.17, 15) is 26.4 Å². The van der Waals surface area contributed by atoms with E-state index in [0.717, 1.165) is 31.0 Å². The fraction of sp³-hybridized carbons (Fsp3) is 0.458. The summed E-state index contributed by atoms with van der Waals surface area (Å²) in [6.07, 6.45) is -2.93. The Labute approximate surface area is 204 Å². The Morgan fingerprint density at radius 2 is 1.83 bits per heavy atom. The number of ether oxygens (including phenoxy) is 1. The molecule has 0 atom stereocenters. The van der Waals surface area contributed by atoms with E-state index < -0.39 is 26.8 Å². The number of carbonyl (C=O) groups excluding carboxylic acids is 1. The molecule has 0 saturated carbocycles. The van der Waals surface area contributed by atoms with Crippen LogP contribution < -0.4 is 14.2 Å². The summed E-state index contributed by atoms with van der Waals surface area (Å²) in [6.45, 7) is 7.12. The maximum atomic E-state index is 13.0. The molecule has 0 saturated heterocycles. The molecule has 35 heavy (non-hydrogen) atoms. The highest BCUT2D eigenvalue weighted by molar-refractivity contribution is 7.87. The van der Waals surface area contributed by atoms with Crippen molar-refractivity contribution in [2.24, 2.45) is 5.92 Å². The molecule has 11 heteroatoms. The van der Waals surface area contributed by atoms with E-state index in [2.05, 4.69) is 5.32 Å². The summed E-state index contributed by atoms with van der Waals surface area (Å²) >= 11 is 0. The molecule has 0 aliphatic rings. The molecule has 2 rings (SSSR count). The van der Waals surface area contributed by atoms with E-state index in [1.807, 2.05) is 20.8 Å². The van der Waals surface area contributed by atoms with Crippen LogP contribution in [0.25, 0.3) is 0 Å². The second-order valence-electron chi connectivity index (χ2n) is 8.41.